The van der Waals surface area contributed by atoms with Crippen LogP contribution in [0.5, 0.6) is 0 Å². The number of aromatic nitrogens is 1. The molecule has 1 aliphatic rings. The van der Waals surface area contributed by atoms with Gasteiger partial charge in [-0.25, -0.2) is 0 Å². The lowest BCUT2D eigenvalue weighted by molar-refractivity contribution is -0.144. The Balaban J connectivity index is 1.93. The summed E-state index contributed by atoms with van der Waals surface area (Å²) in [6.45, 7) is 1.91. The van der Waals surface area contributed by atoms with E-state index >= 15 is 0 Å². The third-order valence-corrected chi connectivity index (χ3v) is 3.94. The van der Waals surface area contributed by atoms with E-state index in [4.69, 9.17) is 5.11 Å². The SMILES string of the molecule is C[C@H](NC(=O)[C@H]1CCC[C@H](C(=O)O)C1)c1cccnc1. The minimum atomic E-state index is -0.789. The summed E-state index contributed by atoms with van der Waals surface area (Å²) >= 11 is 0. The summed E-state index contributed by atoms with van der Waals surface area (Å²) in [6, 6.07) is 3.64. The highest BCUT2D eigenvalue weighted by Gasteiger charge is 2.31. The average molecular weight is 276 g/mol. The molecule has 0 spiro atoms. The van der Waals surface area contributed by atoms with Crippen molar-refractivity contribution < 1.29 is 14.7 Å². The van der Waals surface area contributed by atoms with Crippen molar-refractivity contribution in [2.45, 2.75) is 38.6 Å². The van der Waals surface area contributed by atoms with Crippen molar-refractivity contribution in [3.8, 4) is 0 Å². The molecule has 5 heteroatoms. The predicted molar refractivity (Wildman–Crippen MR) is 73.9 cm³/mol. The van der Waals surface area contributed by atoms with Crippen LogP contribution >= 0.6 is 0 Å². The molecule has 0 unspecified atom stereocenters. The molecule has 108 valence electrons. The number of pyridine rings is 1. The highest BCUT2D eigenvalue weighted by Crippen LogP contribution is 2.29. The molecular weight excluding hydrogens is 256 g/mol. The highest BCUT2D eigenvalue weighted by molar-refractivity contribution is 5.80. The number of rotatable bonds is 4. The van der Waals surface area contributed by atoms with Gasteiger partial charge in [0, 0.05) is 18.3 Å². The van der Waals surface area contributed by atoms with Crippen molar-refractivity contribution in [2.24, 2.45) is 11.8 Å². The topological polar surface area (TPSA) is 79.3 Å². The minimum Gasteiger partial charge on any atom is -0.481 e. The first-order valence-corrected chi connectivity index (χ1v) is 7.01. The first kappa shape index (κ1) is 14.5. The van der Waals surface area contributed by atoms with Crippen LogP contribution in [0.4, 0.5) is 0 Å². The predicted octanol–water partition coefficient (Wildman–Crippen LogP) is 2.15. The summed E-state index contributed by atoms with van der Waals surface area (Å²) < 4.78 is 0. The third kappa shape index (κ3) is 3.56. The molecule has 0 saturated heterocycles. The van der Waals surface area contributed by atoms with Crippen LogP contribution in [0, 0.1) is 11.8 Å². The molecule has 0 aromatic carbocycles. The van der Waals surface area contributed by atoms with Crippen molar-refractivity contribution in [1.82, 2.24) is 10.3 Å². The van der Waals surface area contributed by atoms with Crippen molar-refractivity contribution >= 4 is 11.9 Å². The van der Waals surface area contributed by atoms with Gasteiger partial charge in [-0.3, -0.25) is 14.6 Å². The number of carbonyl (C=O) groups is 2. The fourth-order valence-electron chi connectivity index (χ4n) is 2.70. The number of aliphatic carboxylic acids is 1. The van der Waals surface area contributed by atoms with E-state index < -0.39 is 5.97 Å². The van der Waals surface area contributed by atoms with E-state index in [1.54, 1.807) is 12.4 Å². The normalized spacial score (nSPS) is 23.9. The molecule has 0 bridgehead atoms. The maximum atomic E-state index is 12.2. The van der Waals surface area contributed by atoms with Gasteiger partial charge in [-0.05, 0) is 37.8 Å². The summed E-state index contributed by atoms with van der Waals surface area (Å²) in [7, 11) is 0. The third-order valence-electron chi connectivity index (χ3n) is 3.94. The summed E-state index contributed by atoms with van der Waals surface area (Å²) in [5.41, 5.74) is 0.950. The second-order valence-electron chi connectivity index (χ2n) is 5.42. The lowest BCUT2D eigenvalue weighted by Crippen LogP contribution is -2.36. The number of amides is 1. The van der Waals surface area contributed by atoms with Gasteiger partial charge < -0.3 is 10.4 Å². The van der Waals surface area contributed by atoms with Crippen molar-refractivity contribution in [1.29, 1.82) is 0 Å². The Morgan fingerprint density at radius 2 is 2.15 bits per heavy atom. The van der Waals surface area contributed by atoms with Gasteiger partial charge in [-0.1, -0.05) is 12.5 Å². The zero-order valence-corrected chi connectivity index (χ0v) is 11.6. The Kier molecular flexibility index (Phi) is 4.71. The summed E-state index contributed by atoms with van der Waals surface area (Å²) in [6.07, 6.45) is 6.12. The Morgan fingerprint density at radius 1 is 1.40 bits per heavy atom. The number of carboxylic acids is 1. The van der Waals surface area contributed by atoms with Gasteiger partial charge >= 0.3 is 5.97 Å². The summed E-state index contributed by atoms with van der Waals surface area (Å²) in [4.78, 5) is 27.3. The van der Waals surface area contributed by atoms with Gasteiger partial charge in [-0.15, -0.1) is 0 Å². The van der Waals surface area contributed by atoms with Crippen molar-refractivity contribution in [3.63, 3.8) is 0 Å². The van der Waals surface area contributed by atoms with Crippen LogP contribution in [0.15, 0.2) is 24.5 Å². The molecule has 3 atom stereocenters. The van der Waals surface area contributed by atoms with Crippen molar-refractivity contribution in [3.05, 3.63) is 30.1 Å². The van der Waals surface area contributed by atoms with Crippen LogP contribution < -0.4 is 5.32 Å². The van der Waals surface area contributed by atoms with Gasteiger partial charge in [0.2, 0.25) is 5.91 Å². The van der Waals surface area contributed by atoms with Crippen LogP contribution in [0.3, 0.4) is 0 Å². The Morgan fingerprint density at radius 3 is 2.80 bits per heavy atom. The van der Waals surface area contributed by atoms with Crippen LogP contribution in [0.1, 0.15) is 44.2 Å². The molecule has 1 aliphatic carbocycles. The Hall–Kier alpha value is -1.91. The quantitative estimate of drug-likeness (QED) is 0.883. The van der Waals surface area contributed by atoms with Crippen LogP contribution in [0.25, 0.3) is 0 Å². The smallest absolute Gasteiger partial charge is 0.306 e. The highest BCUT2D eigenvalue weighted by atomic mass is 16.4. The van der Waals surface area contributed by atoms with Crippen LogP contribution in [0.2, 0.25) is 0 Å². The second-order valence-corrected chi connectivity index (χ2v) is 5.42. The maximum Gasteiger partial charge on any atom is 0.306 e. The molecular formula is C15H20N2O3. The van der Waals surface area contributed by atoms with E-state index in [1.807, 2.05) is 19.1 Å². The van der Waals surface area contributed by atoms with E-state index in [1.165, 1.54) is 0 Å². The molecule has 1 fully saturated rings. The van der Waals surface area contributed by atoms with Crippen LogP contribution in [-0.4, -0.2) is 22.0 Å². The number of hydrogen-bond acceptors (Lipinski definition) is 3. The van der Waals surface area contributed by atoms with Gasteiger partial charge in [-0.2, -0.15) is 0 Å². The van der Waals surface area contributed by atoms with E-state index in [9.17, 15) is 9.59 Å². The monoisotopic (exact) mass is 276 g/mol. The largest absolute Gasteiger partial charge is 0.481 e. The summed E-state index contributed by atoms with van der Waals surface area (Å²) in [5, 5.41) is 12.0. The lowest BCUT2D eigenvalue weighted by atomic mass is 9.81. The Labute approximate surface area is 118 Å². The molecule has 1 heterocycles. The van der Waals surface area contributed by atoms with Gasteiger partial charge in [0.05, 0.1) is 12.0 Å². The number of nitrogens with one attached hydrogen (secondary N) is 1. The van der Waals surface area contributed by atoms with Gasteiger partial charge in [0.1, 0.15) is 0 Å². The minimum absolute atomic E-state index is 0.0488. The van der Waals surface area contributed by atoms with E-state index in [2.05, 4.69) is 10.3 Å². The molecule has 1 saturated carbocycles. The maximum absolute atomic E-state index is 12.2. The number of carbonyl (C=O) groups excluding carboxylic acids is 1. The molecule has 20 heavy (non-hydrogen) atoms. The Bertz CT molecular complexity index is 475. The fourth-order valence-corrected chi connectivity index (χ4v) is 2.70. The number of carboxylic acid groups (broad SMARTS) is 1. The molecule has 5 nitrogen and oxygen atoms in total. The van der Waals surface area contributed by atoms with Crippen molar-refractivity contribution in [2.75, 3.05) is 0 Å². The van der Waals surface area contributed by atoms with Gasteiger partial charge in [0.15, 0.2) is 0 Å². The molecule has 1 aromatic heterocycles. The molecule has 0 aliphatic heterocycles. The molecule has 1 aromatic rings. The molecule has 0 radical (unpaired) electrons. The second kappa shape index (κ2) is 6.50. The van der Waals surface area contributed by atoms with E-state index in [0.717, 1.165) is 18.4 Å². The lowest BCUT2D eigenvalue weighted by Gasteiger charge is -2.27. The van der Waals surface area contributed by atoms with E-state index in [-0.39, 0.29) is 23.8 Å². The zero-order valence-electron chi connectivity index (χ0n) is 11.6. The number of hydrogen-bond donors (Lipinski definition) is 2. The zero-order chi connectivity index (χ0) is 14.5. The first-order valence-electron chi connectivity index (χ1n) is 7.01. The fraction of sp³-hybridized carbons (Fsp3) is 0.533. The number of nitrogens with zero attached hydrogens (tertiary/aromatic N) is 1. The standard InChI is InChI=1S/C15H20N2O3/c1-10(13-6-3-7-16-9-13)17-14(18)11-4-2-5-12(8-11)15(19)20/h3,6-7,9-12H,2,4-5,8H2,1H3,(H,17,18)(H,19,20)/t10-,11-,12-/m0/s1. The average Bonchev–Trinajstić information content (AvgIpc) is 2.48. The molecule has 2 N–H and O–H groups in total. The molecule has 1 amide bonds. The van der Waals surface area contributed by atoms with Gasteiger partial charge in [0.25, 0.3) is 0 Å². The summed E-state index contributed by atoms with van der Waals surface area (Å²) in [5.74, 6) is -1.41. The first-order chi connectivity index (χ1) is 9.58. The van der Waals surface area contributed by atoms with Crippen LogP contribution in [-0.2, 0) is 9.59 Å². The molecule has 2 rings (SSSR count). The van der Waals surface area contributed by atoms with E-state index in [0.29, 0.717) is 12.8 Å².